The highest BCUT2D eigenvalue weighted by Crippen LogP contribution is 2.24. The molecule has 6 nitrogen and oxygen atoms in total. The van der Waals surface area contributed by atoms with E-state index in [-0.39, 0.29) is 17.0 Å². The van der Waals surface area contributed by atoms with Gasteiger partial charge in [0.15, 0.2) is 5.57 Å². The summed E-state index contributed by atoms with van der Waals surface area (Å²) in [6.45, 7) is 0. The SMILES string of the molecule is COc1ccc(OC(=O)C2=Cc3ccccc3C(=O)C2=[N+]=[N-])cc1. The summed E-state index contributed by atoms with van der Waals surface area (Å²) < 4.78 is 10.3. The van der Waals surface area contributed by atoms with Crippen molar-refractivity contribution in [3.05, 3.63) is 70.8 Å². The average molecular weight is 320 g/mol. The van der Waals surface area contributed by atoms with Gasteiger partial charge in [0, 0.05) is 5.56 Å². The van der Waals surface area contributed by atoms with Gasteiger partial charge in [0.2, 0.25) is 0 Å². The molecule has 0 amide bonds. The van der Waals surface area contributed by atoms with Crippen LogP contribution >= 0.6 is 0 Å². The summed E-state index contributed by atoms with van der Waals surface area (Å²) >= 11 is 0. The third-order valence-corrected chi connectivity index (χ3v) is 3.57. The largest absolute Gasteiger partial charge is 0.497 e. The molecule has 0 fully saturated rings. The molecule has 0 heterocycles. The Kier molecular flexibility index (Phi) is 4.05. The number of methoxy groups -OCH3 is 1. The third-order valence-electron chi connectivity index (χ3n) is 3.57. The van der Waals surface area contributed by atoms with Gasteiger partial charge in [-0.15, -0.1) is 0 Å². The molecule has 0 radical (unpaired) electrons. The van der Waals surface area contributed by atoms with Crippen LogP contribution in [0.25, 0.3) is 11.6 Å². The topological polar surface area (TPSA) is 89.0 Å². The van der Waals surface area contributed by atoms with E-state index >= 15 is 0 Å². The van der Waals surface area contributed by atoms with E-state index in [0.29, 0.717) is 16.9 Å². The van der Waals surface area contributed by atoms with Crippen LogP contribution < -0.4 is 9.47 Å². The lowest BCUT2D eigenvalue weighted by Gasteiger charge is -2.11. The number of carbonyl (C=O) groups is 2. The number of carbonyl (C=O) groups excluding carboxylic acids is 2. The van der Waals surface area contributed by atoms with E-state index in [4.69, 9.17) is 15.0 Å². The van der Waals surface area contributed by atoms with Crippen molar-refractivity contribution in [2.75, 3.05) is 7.11 Å². The molecule has 2 aromatic carbocycles. The molecule has 0 atom stereocenters. The van der Waals surface area contributed by atoms with Crippen LogP contribution in [0.3, 0.4) is 0 Å². The van der Waals surface area contributed by atoms with E-state index in [1.54, 1.807) is 48.5 Å². The van der Waals surface area contributed by atoms with E-state index in [2.05, 4.69) is 4.79 Å². The smallest absolute Gasteiger partial charge is 0.377 e. The minimum atomic E-state index is -0.782. The number of hydrogen-bond acceptors (Lipinski definition) is 4. The van der Waals surface area contributed by atoms with Gasteiger partial charge in [0.05, 0.1) is 7.11 Å². The van der Waals surface area contributed by atoms with Crippen molar-refractivity contribution in [1.29, 1.82) is 0 Å². The molecule has 0 aromatic heterocycles. The molecule has 0 N–H and O–H groups in total. The van der Waals surface area contributed by atoms with Crippen molar-refractivity contribution >= 4 is 23.5 Å². The number of ether oxygens (including phenoxy) is 2. The number of Topliss-reactive ketones (excluding diaryl/α,β-unsaturated/α-hetero) is 1. The molecule has 1 aliphatic carbocycles. The quantitative estimate of drug-likeness (QED) is 0.376. The Morgan fingerprint density at radius 1 is 1.04 bits per heavy atom. The van der Waals surface area contributed by atoms with Crippen LogP contribution in [0.2, 0.25) is 0 Å². The van der Waals surface area contributed by atoms with Crippen LogP contribution in [0.1, 0.15) is 15.9 Å². The minimum Gasteiger partial charge on any atom is -0.497 e. The van der Waals surface area contributed by atoms with Crippen LogP contribution in [0.4, 0.5) is 0 Å². The lowest BCUT2D eigenvalue weighted by atomic mass is 9.89. The van der Waals surface area contributed by atoms with Crippen molar-refractivity contribution in [1.82, 2.24) is 0 Å². The maximum absolute atomic E-state index is 12.4. The molecule has 2 aromatic rings. The Hall–Kier alpha value is -3.50. The summed E-state index contributed by atoms with van der Waals surface area (Å²) in [6.07, 6.45) is 1.47. The second-order valence-electron chi connectivity index (χ2n) is 4.99. The van der Waals surface area contributed by atoms with Crippen LogP contribution in [-0.2, 0) is 4.79 Å². The van der Waals surface area contributed by atoms with Gasteiger partial charge in [0.25, 0.3) is 5.78 Å². The lowest BCUT2D eigenvalue weighted by molar-refractivity contribution is -0.129. The first-order valence-electron chi connectivity index (χ1n) is 7.08. The first-order chi connectivity index (χ1) is 11.6. The van der Waals surface area contributed by atoms with Crippen LogP contribution in [0, 0.1) is 0 Å². The Morgan fingerprint density at radius 3 is 2.38 bits per heavy atom. The van der Waals surface area contributed by atoms with Crippen LogP contribution in [-0.4, -0.2) is 29.4 Å². The van der Waals surface area contributed by atoms with Gasteiger partial charge >= 0.3 is 11.7 Å². The molecule has 0 bridgehead atoms. The zero-order chi connectivity index (χ0) is 17.1. The van der Waals surface area contributed by atoms with Crippen LogP contribution in [0.15, 0.2) is 54.1 Å². The highest BCUT2D eigenvalue weighted by molar-refractivity contribution is 6.56. The molecule has 3 rings (SSSR count). The van der Waals surface area contributed by atoms with Crippen molar-refractivity contribution in [2.24, 2.45) is 0 Å². The first kappa shape index (κ1) is 15.4. The fourth-order valence-electron chi connectivity index (χ4n) is 2.36. The molecular weight excluding hydrogens is 308 g/mol. The number of hydrogen-bond donors (Lipinski definition) is 0. The lowest BCUT2D eigenvalue weighted by Crippen LogP contribution is -2.29. The van der Waals surface area contributed by atoms with E-state index in [9.17, 15) is 9.59 Å². The molecule has 0 saturated heterocycles. The standard InChI is InChI=1S/C18H12N2O4/c1-23-12-6-8-13(9-7-12)24-18(22)15-10-11-4-2-3-5-14(11)17(21)16(15)20-19/h2-10H,1H3. The zero-order valence-corrected chi connectivity index (χ0v) is 12.7. The van der Waals surface area contributed by atoms with Gasteiger partial charge in [-0.25, -0.2) is 4.79 Å². The summed E-state index contributed by atoms with van der Waals surface area (Å²) in [5.41, 5.74) is 9.64. The van der Waals surface area contributed by atoms with Gasteiger partial charge in [-0.3, -0.25) is 4.79 Å². The fraction of sp³-hybridized carbons (Fsp3) is 0.0556. The average Bonchev–Trinajstić information content (AvgIpc) is 2.62. The van der Waals surface area contributed by atoms with E-state index in [1.807, 2.05) is 0 Å². The second kappa shape index (κ2) is 6.32. The number of ketones is 1. The number of rotatable bonds is 3. The van der Waals surface area contributed by atoms with Gasteiger partial charge < -0.3 is 15.0 Å². The predicted molar refractivity (Wildman–Crippen MR) is 86.0 cm³/mol. The van der Waals surface area contributed by atoms with Gasteiger partial charge in [-0.2, -0.15) is 4.79 Å². The molecule has 0 unspecified atom stereocenters. The summed E-state index contributed by atoms with van der Waals surface area (Å²) in [6, 6.07) is 13.1. The van der Waals surface area contributed by atoms with E-state index in [1.165, 1.54) is 13.2 Å². The summed E-state index contributed by atoms with van der Waals surface area (Å²) in [5, 5.41) is 0. The Morgan fingerprint density at radius 2 is 1.71 bits per heavy atom. The molecule has 1 aliphatic rings. The van der Waals surface area contributed by atoms with Gasteiger partial charge in [-0.1, -0.05) is 24.3 Å². The number of esters is 1. The molecule has 0 spiro atoms. The fourth-order valence-corrected chi connectivity index (χ4v) is 2.36. The maximum Gasteiger partial charge on any atom is 0.377 e. The van der Waals surface area contributed by atoms with Crippen LogP contribution in [0.5, 0.6) is 11.5 Å². The number of fused-ring (bicyclic) bond motifs is 1. The minimum absolute atomic E-state index is 0.1000. The Labute approximate surface area is 137 Å². The highest BCUT2D eigenvalue weighted by atomic mass is 16.5. The normalized spacial score (nSPS) is 12.8. The Balaban J connectivity index is 1.94. The third kappa shape index (κ3) is 2.74. The number of nitrogens with zero attached hydrogens (tertiary/aromatic N) is 2. The van der Waals surface area contributed by atoms with Gasteiger partial charge in [0.1, 0.15) is 11.5 Å². The molecule has 24 heavy (non-hydrogen) atoms. The van der Waals surface area contributed by atoms with Crippen molar-refractivity contribution in [2.45, 2.75) is 0 Å². The zero-order valence-electron chi connectivity index (χ0n) is 12.7. The van der Waals surface area contributed by atoms with Crippen molar-refractivity contribution < 1.29 is 23.9 Å². The molecule has 118 valence electrons. The number of benzene rings is 2. The summed E-state index contributed by atoms with van der Waals surface area (Å²) in [7, 11) is 1.53. The molecule has 0 saturated carbocycles. The van der Waals surface area contributed by atoms with Crippen molar-refractivity contribution in [3.63, 3.8) is 0 Å². The highest BCUT2D eigenvalue weighted by Gasteiger charge is 2.37. The first-order valence-corrected chi connectivity index (χ1v) is 7.08. The monoisotopic (exact) mass is 320 g/mol. The molecule has 6 heteroatoms. The van der Waals surface area contributed by atoms with E-state index < -0.39 is 11.8 Å². The molecule has 0 aliphatic heterocycles. The van der Waals surface area contributed by atoms with Gasteiger partial charge in [-0.05, 0) is 35.9 Å². The summed E-state index contributed by atoms with van der Waals surface area (Å²) in [5.74, 6) is -0.410. The Bertz CT molecular complexity index is 907. The summed E-state index contributed by atoms with van der Waals surface area (Å²) in [4.78, 5) is 27.7. The van der Waals surface area contributed by atoms with Crippen molar-refractivity contribution in [3.8, 4) is 11.5 Å². The second-order valence-corrected chi connectivity index (χ2v) is 4.99. The van der Waals surface area contributed by atoms with E-state index in [0.717, 1.165) is 0 Å². The maximum atomic E-state index is 12.4. The predicted octanol–water partition coefficient (Wildman–Crippen LogP) is 2.55. The molecular formula is C18H12N2O4.